The Kier molecular flexibility index (Phi) is 4.08. The summed E-state index contributed by atoms with van der Waals surface area (Å²) in [6.07, 6.45) is 1.65. The highest BCUT2D eigenvalue weighted by atomic mass is 16.7. The number of hydrogen-bond acceptors (Lipinski definition) is 4. The van der Waals surface area contributed by atoms with Crippen LogP contribution in [0.15, 0.2) is 53.5 Å². The van der Waals surface area contributed by atoms with Crippen molar-refractivity contribution in [1.29, 1.82) is 0 Å². The third-order valence-corrected chi connectivity index (χ3v) is 4.37. The van der Waals surface area contributed by atoms with Gasteiger partial charge in [0.25, 0.3) is 0 Å². The second kappa shape index (κ2) is 6.55. The second-order valence-electron chi connectivity index (χ2n) is 6.29. The van der Waals surface area contributed by atoms with E-state index in [2.05, 4.69) is 5.32 Å². The van der Waals surface area contributed by atoms with Crippen molar-refractivity contribution in [2.24, 2.45) is 0 Å². The molecule has 132 valence electrons. The Balaban J connectivity index is 1.48. The number of hydrogen-bond donors (Lipinski definition) is 1. The minimum atomic E-state index is -0.131. The molecule has 0 radical (unpaired) electrons. The van der Waals surface area contributed by atoms with Crippen LogP contribution in [0, 0.1) is 6.92 Å². The number of nitrogens with one attached hydrogen (secondary N) is 1. The minimum Gasteiger partial charge on any atom is -0.454 e. The predicted molar refractivity (Wildman–Crippen MR) is 97.4 cm³/mol. The molecule has 0 unspecified atom stereocenters. The van der Waals surface area contributed by atoms with Crippen LogP contribution in [0.1, 0.15) is 11.1 Å². The summed E-state index contributed by atoms with van der Waals surface area (Å²) in [7, 11) is 0. The molecule has 1 aromatic heterocycles. The largest absolute Gasteiger partial charge is 0.454 e. The first-order valence-electron chi connectivity index (χ1n) is 8.35. The van der Waals surface area contributed by atoms with Gasteiger partial charge in [-0.1, -0.05) is 17.7 Å². The van der Waals surface area contributed by atoms with Crippen molar-refractivity contribution in [1.82, 2.24) is 9.88 Å². The van der Waals surface area contributed by atoms with Gasteiger partial charge < -0.3 is 19.4 Å². The van der Waals surface area contributed by atoms with Gasteiger partial charge >= 0.3 is 0 Å². The van der Waals surface area contributed by atoms with Crippen molar-refractivity contribution in [3.63, 3.8) is 0 Å². The highest BCUT2D eigenvalue weighted by molar-refractivity contribution is 5.82. The van der Waals surface area contributed by atoms with Gasteiger partial charge in [0.1, 0.15) is 6.54 Å². The van der Waals surface area contributed by atoms with Gasteiger partial charge in [-0.3, -0.25) is 9.59 Å². The van der Waals surface area contributed by atoms with Gasteiger partial charge in [0.2, 0.25) is 12.7 Å². The molecule has 0 saturated carbocycles. The lowest BCUT2D eigenvalue weighted by atomic mass is 10.1. The number of amides is 1. The molecule has 6 nitrogen and oxygen atoms in total. The van der Waals surface area contributed by atoms with Gasteiger partial charge in [-0.25, -0.2) is 0 Å². The Morgan fingerprint density at radius 1 is 1.12 bits per heavy atom. The number of pyridine rings is 1. The molecule has 1 aliphatic rings. The summed E-state index contributed by atoms with van der Waals surface area (Å²) in [5.74, 6) is 1.28. The highest BCUT2D eigenvalue weighted by Gasteiger charge is 2.13. The molecule has 0 aliphatic carbocycles. The van der Waals surface area contributed by atoms with Crippen molar-refractivity contribution >= 4 is 16.8 Å². The second-order valence-corrected chi connectivity index (χ2v) is 6.29. The van der Waals surface area contributed by atoms with E-state index in [0.29, 0.717) is 17.7 Å². The summed E-state index contributed by atoms with van der Waals surface area (Å²) < 4.78 is 12.4. The fraction of sp³-hybridized carbons (Fsp3) is 0.200. The van der Waals surface area contributed by atoms with Gasteiger partial charge in [-0.05, 0) is 36.8 Å². The van der Waals surface area contributed by atoms with Crippen molar-refractivity contribution < 1.29 is 14.3 Å². The standard InChI is InChI=1S/C20H18N2O4/c1-13-2-4-16-15(8-13)17(23)6-7-22(16)11-20(24)21-10-14-3-5-18-19(9-14)26-12-25-18/h2-9H,10-12H2,1H3,(H,21,24). The van der Waals surface area contributed by atoms with Crippen LogP contribution in [0.25, 0.3) is 10.9 Å². The number of carbonyl (C=O) groups is 1. The molecule has 0 bridgehead atoms. The molecule has 0 spiro atoms. The number of benzene rings is 2. The summed E-state index contributed by atoms with van der Waals surface area (Å²) >= 11 is 0. The normalized spacial score (nSPS) is 12.3. The minimum absolute atomic E-state index is 0.0410. The number of rotatable bonds is 4. The molecule has 26 heavy (non-hydrogen) atoms. The number of fused-ring (bicyclic) bond motifs is 2. The van der Waals surface area contributed by atoms with Crippen LogP contribution in [-0.2, 0) is 17.9 Å². The van der Waals surface area contributed by atoms with Gasteiger partial charge in [-0.15, -0.1) is 0 Å². The van der Waals surface area contributed by atoms with Crippen LogP contribution >= 0.6 is 0 Å². The quantitative estimate of drug-likeness (QED) is 0.784. The highest BCUT2D eigenvalue weighted by Crippen LogP contribution is 2.32. The molecular formula is C20H18N2O4. The van der Waals surface area contributed by atoms with E-state index in [1.165, 1.54) is 6.07 Å². The Morgan fingerprint density at radius 2 is 1.96 bits per heavy atom. The maximum Gasteiger partial charge on any atom is 0.240 e. The molecule has 0 atom stereocenters. The Bertz CT molecular complexity index is 1060. The molecule has 2 aromatic carbocycles. The monoisotopic (exact) mass is 350 g/mol. The molecule has 1 amide bonds. The molecular weight excluding hydrogens is 332 g/mol. The zero-order valence-corrected chi connectivity index (χ0v) is 14.3. The molecule has 1 aliphatic heterocycles. The molecule has 1 N–H and O–H groups in total. The van der Waals surface area contributed by atoms with E-state index < -0.39 is 0 Å². The fourth-order valence-electron chi connectivity index (χ4n) is 3.03. The van der Waals surface area contributed by atoms with Crippen LogP contribution in [0.2, 0.25) is 0 Å². The predicted octanol–water partition coefficient (Wildman–Crippen LogP) is 2.36. The van der Waals surface area contributed by atoms with Gasteiger partial charge in [0, 0.05) is 24.2 Å². The first kappa shape index (κ1) is 16.2. The molecule has 0 fully saturated rings. The van der Waals surface area contributed by atoms with E-state index >= 15 is 0 Å². The molecule has 3 aromatic rings. The van der Waals surface area contributed by atoms with E-state index in [1.807, 2.05) is 43.3 Å². The molecule has 4 rings (SSSR count). The lowest BCUT2D eigenvalue weighted by Gasteiger charge is -2.12. The van der Waals surface area contributed by atoms with Gasteiger partial charge in [-0.2, -0.15) is 0 Å². The van der Waals surface area contributed by atoms with Gasteiger partial charge in [0.05, 0.1) is 5.52 Å². The summed E-state index contributed by atoms with van der Waals surface area (Å²) in [5, 5.41) is 3.52. The topological polar surface area (TPSA) is 69.6 Å². The zero-order valence-electron chi connectivity index (χ0n) is 14.3. The van der Waals surface area contributed by atoms with Crippen molar-refractivity contribution in [2.45, 2.75) is 20.0 Å². The van der Waals surface area contributed by atoms with Gasteiger partial charge in [0.15, 0.2) is 16.9 Å². The zero-order chi connectivity index (χ0) is 18.1. The molecule has 2 heterocycles. The number of carbonyl (C=O) groups excluding carboxylic acids is 1. The van der Waals surface area contributed by atoms with Crippen LogP contribution in [0.3, 0.4) is 0 Å². The Morgan fingerprint density at radius 3 is 2.85 bits per heavy atom. The number of ether oxygens (including phenoxy) is 2. The summed E-state index contributed by atoms with van der Waals surface area (Å²) in [4.78, 5) is 24.4. The smallest absolute Gasteiger partial charge is 0.240 e. The van der Waals surface area contributed by atoms with Crippen molar-refractivity contribution in [2.75, 3.05) is 6.79 Å². The SMILES string of the molecule is Cc1ccc2c(c1)c(=O)ccn2CC(=O)NCc1ccc2c(c1)OCO2. The summed E-state index contributed by atoms with van der Waals surface area (Å²) in [6, 6.07) is 12.7. The molecule has 0 saturated heterocycles. The third kappa shape index (κ3) is 3.13. The number of aryl methyl sites for hydroxylation is 1. The van der Waals surface area contributed by atoms with Crippen LogP contribution < -0.4 is 20.2 Å². The average molecular weight is 350 g/mol. The van der Waals surface area contributed by atoms with Crippen molar-refractivity contribution in [3.05, 3.63) is 70.0 Å². The maximum absolute atomic E-state index is 12.3. The molecule has 6 heteroatoms. The number of nitrogens with zero attached hydrogens (tertiary/aromatic N) is 1. The van der Waals surface area contributed by atoms with E-state index in [9.17, 15) is 9.59 Å². The van der Waals surface area contributed by atoms with Crippen LogP contribution in [0.5, 0.6) is 11.5 Å². The van der Waals surface area contributed by atoms with E-state index in [-0.39, 0.29) is 24.7 Å². The van der Waals surface area contributed by atoms with Crippen LogP contribution in [-0.4, -0.2) is 17.3 Å². The first-order valence-corrected chi connectivity index (χ1v) is 8.35. The Labute approximate surface area is 150 Å². The average Bonchev–Trinajstić information content (AvgIpc) is 3.10. The van der Waals surface area contributed by atoms with E-state index in [0.717, 1.165) is 22.4 Å². The summed E-state index contributed by atoms with van der Waals surface area (Å²) in [6.45, 7) is 2.70. The maximum atomic E-state index is 12.3. The van der Waals surface area contributed by atoms with Crippen molar-refractivity contribution in [3.8, 4) is 11.5 Å². The lowest BCUT2D eigenvalue weighted by Crippen LogP contribution is -2.27. The third-order valence-electron chi connectivity index (χ3n) is 4.37. The van der Waals surface area contributed by atoms with E-state index in [1.54, 1.807) is 10.8 Å². The fourth-order valence-corrected chi connectivity index (χ4v) is 3.03. The first-order chi connectivity index (χ1) is 12.6. The van der Waals surface area contributed by atoms with Crippen LogP contribution in [0.4, 0.5) is 0 Å². The van der Waals surface area contributed by atoms with E-state index in [4.69, 9.17) is 9.47 Å². The lowest BCUT2D eigenvalue weighted by molar-refractivity contribution is -0.121. The summed E-state index contributed by atoms with van der Waals surface area (Å²) in [5.41, 5.74) is 2.66. The Hall–Kier alpha value is -3.28. The number of aromatic nitrogens is 1.